The standard InChI is InChI=1S/C7H13Br/c1-6-4-2-3-5-7(6)8/h6-7H,2-5H2,1H3/t6-,7-/m1/s1. The Morgan fingerprint density at radius 2 is 1.88 bits per heavy atom. The van der Waals surface area contributed by atoms with Crippen molar-refractivity contribution >= 4 is 15.9 Å². The summed E-state index contributed by atoms with van der Waals surface area (Å²) in [6, 6.07) is 0. The first-order valence-electron chi connectivity index (χ1n) is 3.45. The predicted octanol–water partition coefficient (Wildman–Crippen LogP) is 2.96. The summed E-state index contributed by atoms with van der Waals surface area (Å²) in [4.78, 5) is 0.816. The summed E-state index contributed by atoms with van der Waals surface area (Å²) < 4.78 is 0. The fourth-order valence-electron chi connectivity index (χ4n) is 1.27. The molecule has 0 aromatic rings. The van der Waals surface area contributed by atoms with Crippen molar-refractivity contribution in [2.45, 2.75) is 37.4 Å². The first kappa shape index (κ1) is 6.60. The summed E-state index contributed by atoms with van der Waals surface area (Å²) in [5.41, 5.74) is 0. The van der Waals surface area contributed by atoms with Gasteiger partial charge in [-0.3, -0.25) is 0 Å². The Labute approximate surface area is 59.8 Å². The van der Waals surface area contributed by atoms with Crippen LogP contribution >= 0.6 is 15.9 Å². The SMILES string of the molecule is C[C@@H]1CCCC[C@H]1Br. The van der Waals surface area contributed by atoms with Crippen LogP contribution in [0.1, 0.15) is 32.6 Å². The molecule has 1 fully saturated rings. The second-order valence-electron chi connectivity index (χ2n) is 2.78. The van der Waals surface area contributed by atoms with Crippen LogP contribution in [0, 0.1) is 5.92 Å². The molecule has 0 amide bonds. The Morgan fingerprint density at radius 3 is 2.25 bits per heavy atom. The Kier molecular flexibility index (Phi) is 2.36. The molecule has 0 unspecified atom stereocenters. The van der Waals surface area contributed by atoms with Gasteiger partial charge in [-0.2, -0.15) is 0 Å². The van der Waals surface area contributed by atoms with Crippen molar-refractivity contribution in [1.82, 2.24) is 0 Å². The molecule has 0 spiro atoms. The minimum absolute atomic E-state index is 0.816. The zero-order valence-corrected chi connectivity index (χ0v) is 6.95. The molecule has 2 atom stereocenters. The van der Waals surface area contributed by atoms with Gasteiger partial charge in [-0.05, 0) is 18.8 Å². The Balaban J connectivity index is 2.28. The van der Waals surface area contributed by atoms with Crippen LogP contribution in [0.25, 0.3) is 0 Å². The first-order valence-corrected chi connectivity index (χ1v) is 4.36. The number of halogens is 1. The lowest BCUT2D eigenvalue weighted by Gasteiger charge is -2.22. The van der Waals surface area contributed by atoms with Crippen LogP contribution in [0.2, 0.25) is 0 Å². The molecule has 0 aromatic carbocycles. The van der Waals surface area contributed by atoms with Gasteiger partial charge in [0, 0.05) is 4.83 Å². The van der Waals surface area contributed by atoms with Gasteiger partial charge in [0.15, 0.2) is 0 Å². The molecule has 1 heteroatoms. The quantitative estimate of drug-likeness (QED) is 0.499. The van der Waals surface area contributed by atoms with Gasteiger partial charge >= 0.3 is 0 Å². The molecular weight excluding hydrogens is 164 g/mol. The third-order valence-electron chi connectivity index (χ3n) is 2.01. The highest BCUT2D eigenvalue weighted by Crippen LogP contribution is 2.28. The summed E-state index contributed by atoms with van der Waals surface area (Å²) in [5.74, 6) is 0.920. The molecule has 1 saturated carbocycles. The number of rotatable bonds is 0. The van der Waals surface area contributed by atoms with E-state index in [0.29, 0.717) is 0 Å². The zero-order chi connectivity index (χ0) is 5.98. The molecule has 1 rings (SSSR count). The number of hydrogen-bond donors (Lipinski definition) is 0. The van der Waals surface area contributed by atoms with Crippen molar-refractivity contribution in [3.8, 4) is 0 Å². The molecule has 0 aliphatic heterocycles. The van der Waals surface area contributed by atoms with Crippen LogP contribution in [0.15, 0.2) is 0 Å². The molecule has 0 heterocycles. The highest BCUT2D eigenvalue weighted by atomic mass is 79.9. The molecule has 0 bridgehead atoms. The topological polar surface area (TPSA) is 0 Å². The lowest BCUT2D eigenvalue weighted by molar-refractivity contribution is 0.403. The maximum absolute atomic E-state index is 3.65. The van der Waals surface area contributed by atoms with E-state index in [9.17, 15) is 0 Å². The highest BCUT2D eigenvalue weighted by Gasteiger charge is 2.17. The molecule has 0 saturated heterocycles. The zero-order valence-electron chi connectivity index (χ0n) is 5.36. The lowest BCUT2D eigenvalue weighted by atomic mass is 9.91. The maximum atomic E-state index is 3.65. The molecule has 0 aromatic heterocycles. The monoisotopic (exact) mass is 176 g/mol. The van der Waals surface area contributed by atoms with Gasteiger partial charge in [0.1, 0.15) is 0 Å². The van der Waals surface area contributed by atoms with Gasteiger partial charge in [0.05, 0.1) is 0 Å². The third kappa shape index (κ3) is 1.48. The van der Waals surface area contributed by atoms with E-state index >= 15 is 0 Å². The van der Waals surface area contributed by atoms with Gasteiger partial charge in [0.2, 0.25) is 0 Å². The molecule has 1 aliphatic carbocycles. The van der Waals surface area contributed by atoms with Crippen LogP contribution < -0.4 is 0 Å². The van der Waals surface area contributed by atoms with E-state index in [4.69, 9.17) is 0 Å². The average Bonchev–Trinajstić information content (AvgIpc) is 1.77. The van der Waals surface area contributed by atoms with Crippen molar-refractivity contribution in [1.29, 1.82) is 0 Å². The van der Waals surface area contributed by atoms with E-state index in [1.807, 2.05) is 0 Å². The van der Waals surface area contributed by atoms with Gasteiger partial charge in [-0.25, -0.2) is 0 Å². The summed E-state index contributed by atoms with van der Waals surface area (Å²) >= 11 is 3.65. The minimum Gasteiger partial charge on any atom is -0.0888 e. The molecule has 8 heavy (non-hydrogen) atoms. The number of alkyl halides is 1. The van der Waals surface area contributed by atoms with Crippen molar-refractivity contribution in [2.75, 3.05) is 0 Å². The second kappa shape index (κ2) is 2.86. The average molecular weight is 177 g/mol. The Bertz CT molecular complexity index is 60.8. The van der Waals surface area contributed by atoms with Crippen molar-refractivity contribution < 1.29 is 0 Å². The normalized spacial score (nSPS) is 39.8. The van der Waals surface area contributed by atoms with E-state index in [1.54, 1.807) is 0 Å². The van der Waals surface area contributed by atoms with E-state index in [-0.39, 0.29) is 0 Å². The lowest BCUT2D eigenvalue weighted by Crippen LogP contribution is -2.15. The fraction of sp³-hybridized carbons (Fsp3) is 1.00. The van der Waals surface area contributed by atoms with Crippen LogP contribution in [0.5, 0.6) is 0 Å². The molecule has 1 aliphatic rings. The Morgan fingerprint density at radius 1 is 1.25 bits per heavy atom. The minimum atomic E-state index is 0.816. The number of hydrogen-bond acceptors (Lipinski definition) is 0. The van der Waals surface area contributed by atoms with Crippen LogP contribution in [-0.2, 0) is 0 Å². The van der Waals surface area contributed by atoms with Crippen molar-refractivity contribution in [2.24, 2.45) is 5.92 Å². The summed E-state index contributed by atoms with van der Waals surface area (Å²) in [6.45, 7) is 2.33. The molecular formula is C7H13Br. The second-order valence-corrected chi connectivity index (χ2v) is 3.95. The van der Waals surface area contributed by atoms with Gasteiger partial charge in [-0.15, -0.1) is 0 Å². The van der Waals surface area contributed by atoms with E-state index in [1.165, 1.54) is 25.7 Å². The molecule has 0 radical (unpaired) electrons. The molecule has 48 valence electrons. The summed E-state index contributed by atoms with van der Waals surface area (Å²) in [5, 5.41) is 0. The van der Waals surface area contributed by atoms with Crippen molar-refractivity contribution in [3.05, 3.63) is 0 Å². The maximum Gasteiger partial charge on any atom is 0.0171 e. The molecule has 0 nitrogen and oxygen atoms in total. The fourth-order valence-corrected chi connectivity index (χ4v) is 1.86. The van der Waals surface area contributed by atoms with Crippen LogP contribution in [0.4, 0.5) is 0 Å². The first-order chi connectivity index (χ1) is 3.80. The van der Waals surface area contributed by atoms with Gasteiger partial charge in [0.25, 0.3) is 0 Å². The van der Waals surface area contributed by atoms with Crippen molar-refractivity contribution in [3.63, 3.8) is 0 Å². The van der Waals surface area contributed by atoms with Crippen LogP contribution in [-0.4, -0.2) is 4.83 Å². The smallest absolute Gasteiger partial charge is 0.0171 e. The van der Waals surface area contributed by atoms with Gasteiger partial charge < -0.3 is 0 Å². The van der Waals surface area contributed by atoms with E-state index in [2.05, 4.69) is 22.9 Å². The van der Waals surface area contributed by atoms with Gasteiger partial charge in [-0.1, -0.05) is 35.7 Å². The van der Waals surface area contributed by atoms with E-state index in [0.717, 1.165) is 10.7 Å². The summed E-state index contributed by atoms with van der Waals surface area (Å²) in [7, 11) is 0. The highest BCUT2D eigenvalue weighted by molar-refractivity contribution is 9.09. The largest absolute Gasteiger partial charge is 0.0888 e. The summed E-state index contributed by atoms with van der Waals surface area (Å²) in [6.07, 6.45) is 5.70. The van der Waals surface area contributed by atoms with E-state index < -0.39 is 0 Å². The van der Waals surface area contributed by atoms with Crippen LogP contribution in [0.3, 0.4) is 0 Å². The third-order valence-corrected chi connectivity index (χ3v) is 3.37. The Hall–Kier alpha value is 0.480. The predicted molar refractivity (Wildman–Crippen MR) is 40.3 cm³/mol. The molecule has 0 N–H and O–H groups in total.